The minimum absolute atomic E-state index is 0.0688. The number of aliphatic hydroxyl groups is 1. The third kappa shape index (κ3) is 4.65. The second-order valence-corrected chi connectivity index (χ2v) is 12.7. The topological polar surface area (TPSA) is 87.2 Å². The van der Waals surface area contributed by atoms with E-state index in [1.807, 2.05) is 62.4 Å². The monoisotopic (exact) mass is 562 g/mol. The number of nitrogens with zero attached hydrogens (tertiary/aromatic N) is 2. The summed E-state index contributed by atoms with van der Waals surface area (Å²) in [6.45, 7) is 9.85. The first-order valence-electron chi connectivity index (χ1n) is 14.1. The molecule has 2 aromatic carbocycles. The number of ether oxygens (including phenoxy) is 1. The van der Waals surface area contributed by atoms with Crippen molar-refractivity contribution in [2.75, 3.05) is 24.7 Å². The molecule has 8 heteroatoms. The Kier molecular flexibility index (Phi) is 8.11. The molecule has 2 bridgehead atoms. The second-order valence-electron chi connectivity index (χ2n) is 11.1. The van der Waals surface area contributed by atoms with Crippen LogP contribution < -0.4 is 4.90 Å². The van der Waals surface area contributed by atoms with E-state index >= 15 is 0 Å². The van der Waals surface area contributed by atoms with Crippen LogP contribution in [0.4, 0.5) is 5.69 Å². The summed E-state index contributed by atoms with van der Waals surface area (Å²) in [5, 5.41) is 10.6. The lowest BCUT2D eigenvalue weighted by atomic mass is 9.71. The van der Waals surface area contributed by atoms with Crippen molar-refractivity contribution < 1.29 is 24.2 Å². The summed E-state index contributed by atoms with van der Waals surface area (Å²) in [6.07, 6.45) is 3.49. The van der Waals surface area contributed by atoms with Gasteiger partial charge in [-0.1, -0.05) is 48.5 Å². The van der Waals surface area contributed by atoms with Crippen LogP contribution in [0, 0.1) is 25.7 Å². The number of hydrogen-bond acceptors (Lipinski definition) is 6. The van der Waals surface area contributed by atoms with Crippen LogP contribution >= 0.6 is 11.8 Å². The fraction of sp³-hybridized carbons (Fsp3) is 0.469. The average molecular weight is 563 g/mol. The number of amides is 2. The number of esters is 1. The Labute approximate surface area is 240 Å². The van der Waals surface area contributed by atoms with Gasteiger partial charge in [-0.3, -0.25) is 14.4 Å². The smallest absolute Gasteiger partial charge is 0.310 e. The molecule has 3 saturated heterocycles. The van der Waals surface area contributed by atoms with E-state index < -0.39 is 28.7 Å². The van der Waals surface area contributed by atoms with E-state index in [4.69, 9.17) is 4.74 Å². The molecule has 6 atom stereocenters. The van der Waals surface area contributed by atoms with Gasteiger partial charge in [-0.05, 0) is 62.8 Å². The Morgan fingerprint density at radius 2 is 2.00 bits per heavy atom. The highest BCUT2D eigenvalue weighted by molar-refractivity contribution is 8.02. The van der Waals surface area contributed by atoms with Crippen molar-refractivity contribution in [2.24, 2.45) is 11.8 Å². The van der Waals surface area contributed by atoms with E-state index in [9.17, 15) is 19.5 Å². The lowest BCUT2D eigenvalue weighted by Gasteiger charge is -2.40. The summed E-state index contributed by atoms with van der Waals surface area (Å²) in [4.78, 5) is 45.8. The molecule has 212 valence electrons. The van der Waals surface area contributed by atoms with Gasteiger partial charge in [0, 0.05) is 17.5 Å². The minimum atomic E-state index is -0.833. The summed E-state index contributed by atoms with van der Waals surface area (Å²) >= 11 is 1.61. The van der Waals surface area contributed by atoms with Gasteiger partial charge in [0.05, 0.1) is 35.8 Å². The number of thioether (sulfide) groups is 1. The Hall–Kier alpha value is -3.10. The number of hydrogen-bond donors (Lipinski definition) is 1. The zero-order valence-corrected chi connectivity index (χ0v) is 24.2. The molecule has 1 N–H and O–H groups in total. The Morgan fingerprint density at radius 3 is 2.67 bits per heavy atom. The summed E-state index contributed by atoms with van der Waals surface area (Å²) in [5.74, 6) is -2.07. The highest BCUT2D eigenvalue weighted by atomic mass is 32.2. The molecule has 3 aliphatic rings. The highest BCUT2D eigenvalue weighted by Crippen LogP contribution is 2.67. The Morgan fingerprint density at radius 1 is 1.25 bits per heavy atom. The van der Waals surface area contributed by atoms with Gasteiger partial charge in [0.25, 0.3) is 5.91 Å². The first-order chi connectivity index (χ1) is 19.3. The fourth-order valence-electron chi connectivity index (χ4n) is 7.00. The number of carbonyl (C=O) groups excluding carboxylic acids is 3. The molecule has 0 saturated carbocycles. The molecule has 2 amide bonds. The van der Waals surface area contributed by atoms with Gasteiger partial charge in [0.1, 0.15) is 6.04 Å². The molecule has 3 heterocycles. The largest absolute Gasteiger partial charge is 0.466 e. The molecule has 40 heavy (non-hydrogen) atoms. The summed E-state index contributed by atoms with van der Waals surface area (Å²) in [6, 6.07) is 14.2. The van der Waals surface area contributed by atoms with Crippen LogP contribution in [-0.2, 0) is 25.5 Å². The number of rotatable bonds is 10. The van der Waals surface area contributed by atoms with Gasteiger partial charge < -0.3 is 19.6 Å². The van der Waals surface area contributed by atoms with Crippen molar-refractivity contribution >= 4 is 35.2 Å². The molecule has 3 aliphatic heterocycles. The van der Waals surface area contributed by atoms with Crippen molar-refractivity contribution in [1.29, 1.82) is 0 Å². The van der Waals surface area contributed by atoms with Crippen LogP contribution in [-0.4, -0.2) is 69.6 Å². The number of aryl methyl sites for hydroxylation is 2. The fourth-order valence-corrected chi connectivity index (χ4v) is 9.19. The zero-order chi connectivity index (χ0) is 28.6. The van der Waals surface area contributed by atoms with Crippen molar-refractivity contribution in [1.82, 2.24) is 4.90 Å². The first kappa shape index (κ1) is 28.4. The molecule has 2 aromatic rings. The van der Waals surface area contributed by atoms with Gasteiger partial charge in [0.2, 0.25) is 5.91 Å². The Bertz CT molecular complexity index is 1300. The predicted molar refractivity (Wildman–Crippen MR) is 157 cm³/mol. The summed E-state index contributed by atoms with van der Waals surface area (Å²) in [7, 11) is 0. The maximum atomic E-state index is 14.8. The van der Waals surface area contributed by atoms with Crippen molar-refractivity contribution in [3.63, 3.8) is 0 Å². The molecule has 2 unspecified atom stereocenters. The van der Waals surface area contributed by atoms with E-state index in [2.05, 4.69) is 6.58 Å². The molecule has 0 radical (unpaired) electrons. The number of likely N-dealkylation sites (tertiary alicyclic amines) is 1. The van der Waals surface area contributed by atoms with E-state index in [0.29, 0.717) is 12.8 Å². The van der Waals surface area contributed by atoms with Crippen LogP contribution in [0.25, 0.3) is 0 Å². The number of fused-ring (bicyclic) bond motifs is 1. The molecular weight excluding hydrogens is 524 g/mol. The molecule has 0 aliphatic carbocycles. The SMILES string of the molecule is C=CCN(C(=O)C1N([C@@H](CO)Cc2ccccc2)C(=O)[C@@H]2[C@@H](C(=O)OCC)[C@H]3CCC12S3)c1cc(C)ccc1C. The zero-order valence-electron chi connectivity index (χ0n) is 23.4. The molecule has 3 fully saturated rings. The van der Waals surface area contributed by atoms with Crippen LogP contribution in [0.2, 0.25) is 0 Å². The van der Waals surface area contributed by atoms with Crippen molar-refractivity contribution in [2.45, 2.75) is 62.1 Å². The highest BCUT2D eigenvalue weighted by Gasteiger charge is 2.74. The standard InChI is InChI=1S/C32H38N2O5S/c1-5-16-33(24-17-20(3)12-13-21(24)4)30(37)28-32-15-14-25(40-32)26(31(38)39-6-2)27(32)29(36)34(28)23(19-35)18-22-10-8-7-9-11-22/h5,7-13,17,23,25-28,35H,1,6,14-16,18-19H2,2-4H3/t23-,25-,26+,27+,28?,32?/m1/s1. The minimum Gasteiger partial charge on any atom is -0.466 e. The number of aliphatic hydroxyl groups excluding tert-OH is 1. The lowest BCUT2D eigenvalue weighted by Crippen LogP contribution is -2.58. The van der Waals surface area contributed by atoms with Gasteiger partial charge in [-0.25, -0.2) is 0 Å². The maximum absolute atomic E-state index is 14.8. The second kappa shape index (κ2) is 11.4. The molecule has 1 spiro atoms. The maximum Gasteiger partial charge on any atom is 0.310 e. The van der Waals surface area contributed by atoms with Crippen LogP contribution in [0.15, 0.2) is 61.2 Å². The van der Waals surface area contributed by atoms with Crippen LogP contribution in [0.3, 0.4) is 0 Å². The molecule has 0 aromatic heterocycles. The average Bonchev–Trinajstić information content (AvgIpc) is 3.59. The molecule has 7 nitrogen and oxygen atoms in total. The van der Waals surface area contributed by atoms with Crippen molar-refractivity contribution in [3.8, 4) is 0 Å². The van der Waals surface area contributed by atoms with Crippen LogP contribution in [0.1, 0.15) is 36.5 Å². The molecular formula is C32H38N2O5S. The third-order valence-electron chi connectivity index (χ3n) is 8.68. The van der Waals surface area contributed by atoms with Crippen LogP contribution in [0.5, 0.6) is 0 Å². The van der Waals surface area contributed by atoms with E-state index in [0.717, 1.165) is 28.8 Å². The molecule has 5 rings (SSSR count). The van der Waals surface area contributed by atoms with Gasteiger partial charge in [-0.2, -0.15) is 0 Å². The predicted octanol–water partition coefficient (Wildman–Crippen LogP) is 4.08. The third-order valence-corrected chi connectivity index (χ3v) is 10.6. The quantitative estimate of drug-likeness (QED) is 0.347. The van der Waals surface area contributed by atoms with Gasteiger partial charge in [-0.15, -0.1) is 18.3 Å². The summed E-state index contributed by atoms with van der Waals surface area (Å²) in [5.41, 5.74) is 3.71. The normalized spacial score (nSPS) is 27.4. The number of anilines is 1. The van der Waals surface area contributed by atoms with Gasteiger partial charge in [0.15, 0.2) is 0 Å². The first-order valence-corrected chi connectivity index (χ1v) is 15.0. The summed E-state index contributed by atoms with van der Waals surface area (Å²) < 4.78 is 4.68. The number of benzene rings is 2. The van der Waals surface area contributed by atoms with E-state index in [-0.39, 0.29) is 42.8 Å². The van der Waals surface area contributed by atoms with E-state index in [1.165, 1.54) is 0 Å². The Balaban J connectivity index is 1.62. The number of carbonyl (C=O) groups is 3. The van der Waals surface area contributed by atoms with Crippen molar-refractivity contribution in [3.05, 3.63) is 77.9 Å². The van der Waals surface area contributed by atoms with E-state index in [1.54, 1.807) is 34.6 Å². The van der Waals surface area contributed by atoms with Gasteiger partial charge >= 0.3 is 5.97 Å². The lowest BCUT2D eigenvalue weighted by molar-refractivity contribution is -0.154.